The molecule has 2 nitrogen and oxygen atoms in total. The van der Waals surface area contributed by atoms with Crippen molar-refractivity contribution in [2.45, 2.75) is 52.6 Å². The van der Waals surface area contributed by atoms with Gasteiger partial charge in [0, 0.05) is 18.0 Å². The van der Waals surface area contributed by atoms with E-state index in [0.717, 1.165) is 19.3 Å². The molecule has 0 saturated heterocycles. The average molecular weight is 253 g/mol. The Hall–Kier alpha value is -0.410. The van der Waals surface area contributed by atoms with E-state index in [9.17, 15) is 5.11 Å². The average Bonchev–Trinajstić information content (AvgIpc) is 2.68. The molecular weight excluding hydrogens is 230 g/mol. The number of rotatable bonds is 3. The molecular formula is C14H23NOS. The van der Waals surface area contributed by atoms with Crippen molar-refractivity contribution in [3.05, 3.63) is 16.6 Å². The minimum Gasteiger partial charge on any atom is -0.393 e. The summed E-state index contributed by atoms with van der Waals surface area (Å²) in [6.45, 7) is 6.80. The SMILES string of the molecule is CC1CCC(C(C)(C)Cc2nccs2)C(O)C1. The lowest BCUT2D eigenvalue weighted by Gasteiger charge is -2.41. The van der Waals surface area contributed by atoms with Crippen LogP contribution in [0.5, 0.6) is 0 Å². The van der Waals surface area contributed by atoms with E-state index >= 15 is 0 Å². The van der Waals surface area contributed by atoms with Gasteiger partial charge in [-0.15, -0.1) is 11.3 Å². The lowest BCUT2D eigenvalue weighted by molar-refractivity contribution is -0.0125. The zero-order valence-electron chi connectivity index (χ0n) is 11.0. The van der Waals surface area contributed by atoms with Crippen LogP contribution >= 0.6 is 11.3 Å². The third-order valence-corrected chi connectivity index (χ3v) is 4.95. The molecule has 1 fully saturated rings. The van der Waals surface area contributed by atoms with Gasteiger partial charge in [-0.05, 0) is 30.1 Å². The summed E-state index contributed by atoms with van der Waals surface area (Å²) in [5.41, 5.74) is 0.150. The Morgan fingerprint density at radius 3 is 2.82 bits per heavy atom. The van der Waals surface area contributed by atoms with Gasteiger partial charge in [0.05, 0.1) is 11.1 Å². The van der Waals surface area contributed by atoms with Gasteiger partial charge < -0.3 is 5.11 Å². The molecule has 0 radical (unpaired) electrons. The number of aliphatic hydroxyl groups is 1. The van der Waals surface area contributed by atoms with Gasteiger partial charge in [-0.1, -0.05) is 27.2 Å². The molecule has 0 spiro atoms. The molecule has 0 aromatic carbocycles. The van der Waals surface area contributed by atoms with Crippen LogP contribution in [0.25, 0.3) is 0 Å². The Labute approximate surface area is 108 Å². The van der Waals surface area contributed by atoms with Crippen molar-refractivity contribution in [3.63, 3.8) is 0 Å². The second-order valence-electron chi connectivity index (χ2n) is 6.18. The molecule has 1 aliphatic carbocycles. The predicted octanol–water partition coefficient (Wildman–Crippen LogP) is 3.51. The van der Waals surface area contributed by atoms with Crippen LogP contribution in [0.15, 0.2) is 11.6 Å². The maximum Gasteiger partial charge on any atom is 0.0930 e. The van der Waals surface area contributed by atoms with Crippen molar-refractivity contribution < 1.29 is 5.11 Å². The smallest absolute Gasteiger partial charge is 0.0930 e. The Balaban J connectivity index is 2.04. The van der Waals surface area contributed by atoms with Crippen molar-refractivity contribution in [2.24, 2.45) is 17.3 Å². The van der Waals surface area contributed by atoms with Gasteiger partial charge in [-0.2, -0.15) is 0 Å². The molecule has 1 aromatic rings. The quantitative estimate of drug-likeness (QED) is 0.894. The Morgan fingerprint density at radius 2 is 2.24 bits per heavy atom. The first kappa shape index (κ1) is 13.0. The maximum absolute atomic E-state index is 10.3. The lowest BCUT2D eigenvalue weighted by atomic mass is 9.66. The van der Waals surface area contributed by atoms with Gasteiger partial charge in [0.2, 0.25) is 0 Å². The van der Waals surface area contributed by atoms with Crippen LogP contribution in [-0.4, -0.2) is 16.2 Å². The normalized spacial score (nSPS) is 30.5. The summed E-state index contributed by atoms with van der Waals surface area (Å²) in [5.74, 6) is 1.10. The van der Waals surface area contributed by atoms with Crippen LogP contribution < -0.4 is 0 Å². The first-order valence-corrected chi connectivity index (χ1v) is 7.43. The fourth-order valence-electron chi connectivity index (χ4n) is 3.12. The third kappa shape index (κ3) is 3.08. The highest BCUT2D eigenvalue weighted by Gasteiger charge is 2.38. The summed E-state index contributed by atoms with van der Waals surface area (Å²) in [7, 11) is 0. The standard InChI is InChI=1S/C14H23NOS/c1-10-4-5-11(12(16)8-10)14(2,3)9-13-15-6-7-17-13/h6-7,10-12,16H,4-5,8-9H2,1-3H3. The summed E-state index contributed by atoms with van der Waals surface area (Å²) in [4.78, 5) is 4.37. The molecule has 17 heavy (non-hydrogen) atoms. The molecule has 3 atom stereocenters. The van der Waals surface area contributed by atoms with Crippen LogP contribution in [-0.2, 0) is 6.42 Å². The van der Waals surface area contributed by atoms with Crippen LogP contribution in [0, 0.1) is 17.3 Å². The first-order valence-electron chi connectivity index (χ1n) is 6.55. The molecule has 1 N–H and O–H groups in total. The Bertz CT molecular complexity index is 347. The van der Waals surface area contributed by atoms with Crippen LogP contribution in [0.2, 0.25) is 0 Å². The molecule has 0 amide bonds. The van der Waals surface area contributed by atoms with Crippen molar-refractivity contribution in [1.82, 2.24) is 4.98 Å². The van der Waals surface area contributed by atoms with Crippen LogP contribution in [0.4, 0.5) is 0 Å². The van der Waals surface area contributed by atoms with Gasteiger partial charge in [0.25, 0.3) is 0 Å². The van der Waals surface area contributed by atoms with E-state index < -0.39 is 0 Å². The summed E-state index contributed by atoms with van der Waals surface area (Å²) in [5, 5.41) is 13.5. The highest BCUT2D eigenvalue weighted by Crippen LogP contribution is 2.42. The third-order valence-electron chi connectivity index (χ3n) is 4.17. The van der Waals surface area contributed by atoms with Crippen molar-refractivity contribution in [1.29, 1.82) is 0 Å². The molecule has 1 aromatic heterocycles. The second kappa shape index (κ2) is 5.07. The van der Waals surface area contributed by atoms with E-state index in [-0.39, 0.29) is 11.5 Å². The number of aromatic nitrogens is 1. The van der Waals surface area contributed by atoms with Crippen molar-refractivity contribution in [3.8, 4) is 0 Å². The first-order chi connectivity index (χ1) is 7.99. The number of thiazole rings is 1. The topological polar surface area (TPSA) is 33.1 Å². The summed E-state index contributed by atoms with van der Waals surface area (Å²) in [6.07, 6.45) is 6.10. The number of hydrogen-bond acceptors (Lipinski definition) is 3. The van der Waals surface area contributed by atoms with Crippen molar-refractivity contribution >= 4 is 11.3 Å². The van der Waals surface area contributed by atoms with Gasteiger partial charge in [-0.3, -0.25) is 0 Å². The molecule has 1 aliphatic rings. The summed E-state index contributed by atoms with van der Waals surface area (Å²) >= 11 is 1.72. The van der Waals surface area contributed by atoms with Gasteiger partial charge >= 0.3 is 0 Å². The van der Waals surface area contributed by atoms with Crippen LogP contribution in [0.1, 0.15) is 45.0 Å². The van der Waals surface area contributed by atoms with E-state index in [2.05, 4.69) is 25.8 Å². The molecule has 3 heteroatoms. The molecule has 0 bridgehead atoms. The molecule has 1 saturated carbocycles. The van der Waals surface area contributed by atoms with Gasteiger partial charge in [0.15, 0.2) is 0 Å². The number of hydrogen-bond donors (Lipinski definition) is 1. The minimum absolute atomic E-state index is 0.131. The predicted molar refractivity (Wildman–Crippen MR) is 72.1 cm³/mol. The van der Waals surface area contributed by atoms with E-state index in [4.69, 9.17) is 0 Å². The monoisotopic (exact) mass is 253 g/mol. The molecule has 3 unspecified atom stereocenters. The molecule has 96 valence electrons. The highest BCUT2D eigenvalue weighted by atomic mass is 32.1. The largest absolute Gasteiger partial charge is 0.393 e. The number of nitrogens with zero attached hydrogens (tertiary/aromatic N) is 1. The zero-order valence-corrected chi connectivity index (χ0v) is 11.8. The highest BCUT2D eigenvalue weighted by molar-refractivity contribution is 7.09. The van der Waals surface area contributed by atoms with E-state index in [0.29, 0.717) is 11.8 Å². The molecule has 1 heterocycles. The van der Waals surface area contributed by atoms with E-state index in [1.165, 1.54) is 11.4 Å². The van der Waals surface area contributed by atoms with Crippen molar-refractivity contribution in [2.75, 3.05) is 0 Å². The lowest BCUT2D eigenvalue weighted by Crippen LogP contribution is -2.39. The van der Waals surface area contributed by atoms with Crippen LogP contribution in [0.3, 0.4) is 0 Å². The van der Waals surface area contributed by atoms with E-state index in [1.807, 2.05) is 11.6 Å². The van der Waals surface area contributed by atoms with E-state index in [1.54, 1.807) is 11.3 Å². The maximum atomic E-state index is 10.3. The Morgan fingerprint density at radius 1 is 1.47 bits per heavy atom. The fourth-order valence-corrected chi connectivity index (χ4v) is 3.98. The van der Waals surface area contributed by atoms with Gasteiger partial charge in [0.1, 0.15) is 0 Å². The Kier molecular flexibility index (Phi) is 3.88. The minimum atomic E-state index is -0.131. The van der Waals surface area contributed by atoms with Gasteiger partial charge in [-0.25, -0.2) is 4.98 Å². The zero-order chi connectivity index (χ0) is 12.5. The second-order valence-corrected chi connectivity index (χ2v) is 7.16. The number of aliphatic hydroxyl groups excluding tert-OH is 1. The summed E-state index contributed by atoms with van der Waals surface area (Å²) < 4.78 is 0. The molecule has 0 aliphatic heterocycles. The summed E-state index contributed by atoms with van der Waals surface area (Å²) in [6, 6.07) is 0. The fraction of sp³-hybridized carbons (Fsp3) is 0.786. The molecule has 2 rings (SSSR count).